The zero-order valence-electron chi connectivity index (χ0n) is 17.1. The van der Waals surface area contributed by atoms with E-state index in [1.807, 2.05) is 66.5 Å². The molecule has 0 unspecified atom stereocenters. The van der Waals surface area contributed by atoms with E-state index in [0.717, 1.165) is 23.1 Å². The Hall–Kier alpha value is -3.85. The fourth-order valence-corrected chi connectivity index (χ4v) is 4.89. The maximum Gasteiger partial charge on any atom is 0.229 e. The van der Waals surface area contributed by atoms with E-state index < -0.39 is 15.7 Å². The van der Waals surface area contributed by atoms with Crippen LogP contribution in [0.25, 0.3) is 16.6 Å². The van der Waals surface area contributed by atoms with Crippen LogP contribution in [0.1, 0.15) is 5.56 Å². The molecule has 0 aliphatic heterocycles. The Balaban J connectivity index is 1.70. The van der Waals surface area contributed by atoms with Gasteiger partial charge in [-0.25, -0.2) is 17.8 Å². The van der Waals surface area contributed by atoms with Crippen LogP contribution in [0.5, 0.6) is 0 Å². The van der Waals surface area contributed by atoms with Crippen LogP contribution >= 0.6 is 0 Å². The third-order valence-corrected chi connectivity index (χ3v) is 6.87. The van der Waals surface area contributed by atoms with E-state index in [1.165, 1.54) is 16.6 Å². The summed E-state index contributed by atoms with van der Waals surface area (Å²) in [6.07, 6.45) is 0. The van der Waals surface area contributed by atoms with Gasteiger partial charge in [0.25, 0.3) is 0 Å². The summed E-state index contributed by atoms with van der Waals surface area (Å²) >= 11 is 0. The number of hydrogen-bond acceptors (Lipinski definition) is 6. The molecule has 0 atom stereocenters. The number of hydrogen-bond donors (Lipinski definition) is 0. The minimum absolute atomic E-state index is 0.0737. The largest absolute Gasteiger partial charge is 0.355 e. The molecular weight excluding hydrogens is 429 g/mol. The summed E-state index contributed by atoms with van der Waals surface area (Å²) in [7, 11) is -2.15. The third kappa shape index (κ3) is 3.36. The lowest BCUT2D eigenvalue weighted by atomic mass is 10.2. The molecule has 5 rings (SSSR count). The van der Waals surface area contributed by atoms with Crippen LogP contribution in [0.2, 0.25) is 0 Å². The van der Waals surface area contributed by atoms with Crippen molar-refractivity contribution in [3.05, 3.63) is 90.2 Å². The second-order valence-electron chi connectivity index (χ2n) is 7.38. The highest BCUT2D eigenvalue weighted by Crippen LogP contribution is 2.30. The van der Waals surface area contributed by atoms with Crippen molar-refractivity contribution in [3.63, 3.8) is 0 Å². The minimum Gasteiger partial charge on any atom is -0.355 e. The van der Waals surface area contributed by atoms with Crippen molar-refractivity contribution in [3.8, 4) is 0 Å². The highest BCUT2D eigenvalue weighted by atomic mass is 32.2. The van der Waals surface area contributed by atoms with Crippen LogP contribution in [-0.4, -0.2) is 35.3 Å². The topological polar surface area (TPSA) is 80.5 Å². The molecule has 0 saturated carbocycles. The first-order valence-corrected chi connectivity index (χ1v) is 11.3. The Kier molecular flexibility index (Phi) is 4.82. The van der Waals surface area contributed by atoms with E-state index in [1.54, 1.807) is 0 Å². The Bertz CT molecular complexity index is 1530. The van der Waals surface area contributed by atoms with Crippen LogP contribution in [-0.2, 0) is 16.4 Å². The zero-order chi connectivity index (χ0) is 22.3. The molecule has 0 aliphatic rings. The van der Waals surface area contributed by atoms with Crippen molar-refractivity contribution in [1.29, 1.82) is 0 Å². The molecule has 32 heavy (non-hydrogen) atoms. The molecule has 9 heteroatoms. The first-order valence-electron chi connectivity index (χ1n) is 9.85. The number of halogens is 1. The summed E-state index contributed by atoms with van der Waals surface area (Å²) in [5, 5.41) is 8.56. The number of para-hydroxylation sites is 1. The second-order valence-corrected chi connectivity index (χ2v) is 9.25. The fourth-order valence-electron chi connectivity index (χ4n) is 3.65. The number of benzene rings is 3. The lowest BCUT2D eigenvalue weighted by Gasteiger charge is -2.20. The normalized spacial score (nSPS) is 11.8. The number of aromatic nitrogens is 4. The third-order valence-electron chi connectivity index (χ3n) is 5.20. The predicted molar refractivity (Wildman–Crippen MR) is 119 cm³/mol. The standard InChI is InChI=1S/C23H18FN5O2S/c1-28(15-16-7-3-2-4-8-16)21-19-9-5-6-10-20(19)29-22(25-21)23(26-27-29)32(30,31)18-13-11-17(24)12-14-18/h2-14H,15H2,1H3. The van der Waals surface area contributed by atoms with Gasteiger partial charge >= 0.3 is 0 Å². The highest BCUT2D eigenvalue weighted by molar-refractivity contribution is 7.91. The van der Waals surface area contributed by atoms with Gasteiger partial charge in [-0.05, 0) is 42.0 Å². The summed E-state index contributed by atoms with van der Waals surface area (Å²) in [5.41, 5.74) is 1.88. The molecule has 0 saturated heterocycles. The van der Waals surface area contributed by atoms with Crippen molar-refractivity contribution >= 4 is 32.2 Å². The molecule has 0 aliphatic carbocycles. The average molecular weight is 447 g/mol. The van der Waals surface area contributed by atoms with Crippen molar-refractivity contribution in [2.24, 2.45) is 0 Å². The Morgan fingerprint density at radius 2 is 1.62 bits per heavy atom. The van der Waals surface area contributed by atoms with Gasteiger partial charge in [0.2, 0.25) is 14.9 Å². The molecule has 0 bridgehead atoms. The van der Waals surface area contributed by atoms with Gasteiger partial charge in [0.1, 0.15) is 11.6 Å². The Morgan fingerprint density at radius 1 is 0.938 bits per heavy atom. The minimum atomic E-state index is -4.05. The molecule has 0 amide bonds. The van der Waals surface area contributed by atoms with E-state index in [4.69, 9.17) is 0 Å². The van der Waals surface area contributed by atoms with Crippen LogP contribution < -0.4 is 4.90 Å². The van der Waals surface area contributed by atoms with Gasteiger partial charge in [0.05, 0.1) is 10.4 Å². The predicted octanol–water partition coefficient (Wildman–Crippen LogP) is 3.89. The zero-order valence-corrected chi connectivity index (χ0v) is 17.9. The number of fused-ring (bicyclic) bond motifs is 3. The number of nitrogens with zero attached hydrogens (tertiary/aromatic N) is 5. The molecular formula is C23H18FN5O2S. The molecule has 0 radical (unpaired) electrons. The molecule has 2 aromatic heterocycles. The molecule has 7 nitrogen and oxygen atoms in total. The van der Waals surface area contributed by atoms with Gasteiger partial charge in [0.15, 0.2) is 5.65 Å². The maximum absolute atomic E-state index is 13.3. The Morgan fingerprint density at radius 3 is 2.38 bits per heavy atom. The number of rotatable bonds is 5. The van der Waals surface area contributed by atoms with Gasteiger partial charge in [-0.3, -0.25) is 0 Å². The lowest BCUT2D eigenvalue weighted by Crippen LogP contribution is -2.19. The van der Waals surface area contributed by atoms with Gasteiger partial charge in [-0.2, -0.15) is 4.52 Å². The van der Waals surface area contributed by atoms with E-state index in [9.17, 15) is 12.8 Å². The molecule has 5 aromatic rings. The first-order chi connectivity index (χ1) is 15.4. The quantitative estimate of drug-likeness (QED) is 0.380. The van der Waals surface area contributed by atoms with Crippen LogP contribution in [0.4, 0.5) is 10.2 Å². The summed E-state index contributed by atoms with van der Waals surface area (Å²) < 4.78 is 41.2. The molecule has 0 spiro atoms. The Labute approximate surface area is 183 Å². The molecule has 2 heterocycles. The summed E-state index contributed by atoms with van der Waals surface area (Å²) in [6, 6.07) is 22.0. The molecule has 0 fully saturated rings. The second kappa shape index (κ2) is 7.69. The smallest absolute Gasteiger partial charge is 0.229 e. The van der Waals surface area contributed by atoms with Gasteiger partial charge in [0, 0.05) is 19.0 Å². The van der Waals surface area contributed by atoms with E-state index in [0.29, 0.717) is 17.9 Å². The van der Waals surface area contributed by atoms with Crippen LogP contribution in [0, 0.1) is 5.82 Å². The first kappa shape index (κ1) is 20.1. The van der Waals surface area contributed by atoms with Gasteiger partial charge in [-0.15, -0.1) is 5.10 Å². The van der Waals surface area contributed by atoms with Gasteiger partial charge < -0.3 is 4.90 Å². The summed E-state index contributed by atoms with van der Waals surface area (Å²) in [5.74, 6) is 0.0838. The highest BCUT2D eigenvalue weighted by Gasteiger charge is 2.27. The summed E-state index contributed by atoms with van der Waals surface area (Å²) in [4.78, 5) is 6.56. The van der Waals surface area contributed by atoms with E-state index in [-0.39, 0.29) is 15.6 Å². The molecule has 160 valence electrons. The van der Waals surface area contributed by atoms with Crippen molar-refractivity contribution < 1.29 is 12.8 Å². The van der Waals surface area contributed by atoms with Crippen molar-refractivity contribution in [2.75, 3.05) is 11.9 Å². The van der Waals surface area contributed by atoms with Crippen molar-refractivity contribution in [2.45, 2.75) is 16.5 Å². The number of anilines is 1. The van der Waals surface area contributed by atoms with Gasteiger partial charge in [-0.1, -0.05) is 47.7 Å². The van der Waals surface area contributed by atoms with Crippen molar-refractivity contribution in [1.82, 2.24) is 19.8 Å². The monoisotopic (exact) mass is 447 g/mol. The average Bonchev–Trinajstić information content (AvgIpc) is 3.25. The lowest BCUT2D eigenvalue weighted by molar-refractivity contribution is 0.591. The molecule has 0 N–H and O–H groups in total. The molecule has 3 aromatic carbocycles. The summed E-state index contributed by atoms with van der Waals surface area (Å²) in [6.45, 7) is 0.579. The maximum atomic E-state index is 13.3. The van der Waals surface area contributed by atoms with E-state index in [2.05, 4.69) is 15.3 Å². The van der Waals surface area contributed by atoms with Crippen LogP contribution in [0.15, 0.2) is 88.8 Å². The van der Waals surface area contributed by atoms with Crippen LogP contribution in [0.3, 0.4) is 0 Å². The van der Waals surface area contributed by atoms with E-state index >= 15 is 0 Å². The SMILES string of the molecule is CN(Cc1ccccc1)c1nc2c(S(=O)(=O)c3ccc(F)cc3)nnn2c2ccccc12. The number of sulfone groups is 1. The fraction of sp³-hybridized carbons (Fsp3) is 0.0870.